The second-order valence-electron chi connectivity index (χ2n) is 7.59. The molecule has 130 valence electrons. The van der Waals surface area contributed by atoms with Crippen molar-refractivity contribution >= 4 is 20.9 Å². The third kappa shape index (κ3) is 4.62. The Labute approximate surface area is 145 Å². The van der Waals surface area contributed by atoms with E-state index in [-0.39, 0.29) is 11.1 Å². The van der Waals surface area contributed by atoms with Crippen LogP contribution in [-0.4, -0.2) is 40.8 Å². The molecule has 1 aliphatic rings. The van der Waals surface area contributed by atoms with Crippen molar-refractivity contribution in [3.63, 3.8) is 0 Å². The van der Waals surface area contributed by atoms with Gasteiger partial charge in [-0.05, 0) is 29.1 Å². The monoisotopic (exact) mass is 347 g/mol. The van der Waals surface area contributed by atoms with Gasteiger partial charge in [0.05, 0.1) is 18.8 Å². The van der Waals surface area contributed by atoms with Crippen LogP contribution in [0.2, 0.25) is 18.1 Å². The van der Waals surface area contributed by atoms with E-state index >= 15 is 0 Å². The van der Waals surface area contributed by atoms with E-state index in [1.807, 2.05) is 30.3 Å². The highest BCUT2D eigenvalue weighted by atomic mass is 28.4. The highest BCUT2D eigenvalue weighted by Crippen LogP contribution is 2.36. The van der Waals surface area contributed by atoms with Crippen molar-refractivity contribution < 1.29 is 13.7 Å². The molecule has 1 aromatic rings. The second-order valence-corrected chi connectivity index (χ2v) is 12.4. The summed E-state index contributed by atoms with van der Waals surface area (Å²) >= 11 is 0. The smallest absolute Gasteiger partial charge is 0.416 e. The summed E-state index contributed by atoms with van der Waals surface area (Å²) in [5.41, 5.74) is 9.85. The lowest BCUT2D eigenvalue weighted by Crippen LogP contribution is -2.44. The van der Waals surface area contributed by atoms with Gasteiger partial charge in [0.2, 0.25) is 0 Å². The van der Waals surface area contributed by atoms with Crippen molar-refractivity contribution in [1.82, 2.24) is 0 Å². The van der Waals surface area contributed by atoms with Gasteiger partial charge in [-0.1, -0.05) is 56.2 Å². The van der Waals surface area contributed by atoms with Gasteiger partial charge in [0.1, 0.15) is 0 Å². The number of azide groups is 1. The maximum Gasteiger partial charge on any atom is 0.494 e. The standard InChI is InChI=1S/C16H26BN3O3Si/c1-16(2,3)24(4,5)22-11-14(19-20-18)15-12-21-17(23-15)13-9-7-6-8-10-13/h6-10,14-15H,11-12H2,1-5H3/t14-,15+/m0/s1. The first-order valence-electron chi connectivity index (χ1n) is 8.25. The summed E-state index contributed by atoms with van der Waals surface area (Å²) in [6.07, 6.45) is -0.295. The van der Waals surface area contributed by atoms with Crippen molar-refractivity contribution in [1.29, 1.82) is 0 Å². The molecule has 0 aliphatic carbocycles. The molecule has 1 fully saturated rings. The Bertz CT molecular complexity index is 588. The Morgan fingerprint density at radius 2 is 2.04 bits per heavy atom. The first-order chi connectivity index (χ1) is 11.2. The van der Waals surface area contributed by atoms with Crippen molar-refractivity contribution in [3.05, 3.63) is 40.8 Å². The van der Waals surface area contributed by atoms with E-state index in [2.05, 4.69) is 43.9 Å². The highest BCUT2D eigenvalue weighted by Gasteiger charge is 2.40. The predicted molar refractivity (Wildman–Crippen MR) is 98.7 cm³/mol. The molecule has 1 saturated heterocycles. The Kier molecular flexibility index (Phi) is 6.12. The first kappa shape index (κ1) is 19.0. The van der Waals surface area contributed by atoms with Gasteiger partial charge in [0, 0.05) is 11.5 Å². The summed E-state index contributed by atoms with van der Waals surface area (Å²) in [5.74, 6) is 0. The molecule has 6 nitrogen and oxygen atoms in total. The number of nitrogens with zero attached hydrogens (tertiary/aromatic N) is 3. The third-order valence-corrected chi connectivity index (χ3v) is 9.33. The van der Waals surface area contributed by atoms with E-state index < -0.39 is 21.5 Å². The maximum absolute atomic E-state index is 8.89. The fourth-order valence-electron chi connectivity index (χ4n) is 2.20. The van der Waals surface area contributed by atoms with E-state index in [4.69, 9.17) is 19.3 Å². The molecule has 0 aromatic heterocycles. The van der Waals surface area contributed by atoms with Crippen molar-refractivity contribution in [3.8, 4) is 0 Å². The van der Waals surface area contributed by atoms with E-state index in [0.717, 1.165) is 5.46 Å². The van der Waals surface area contributed by atoms with Crippen LogP contribution in [0.25, 0.3) is 10.4 Å². The van der Waals surface area contributed by atoms with Gasteiger partial charge in [-0.2, -0.15) is 0 Å². The topological polar surface area (TPSA) is 76.5 Å². The fraction of sp³-hybridized carbons (Fsp3) is 0.625. The largest absolute Gasteiger partial charge is 0.494 e. The lowest BCUT2D eigenvalue weighted by Gasteiger charge is -2.37. The number of benzene rings is 1. The summed E-state index contributed by atoms with van der Waals surface area (Å²) < 4.78 is 17.9. The fourth-order valence-corrected chi connectivity index (χ4v) is 3.22. The van der Waals surface area contributed by atoms with Crippen LogP contribution in [0.3, 0.4) is 0 Å². The van der Waals surface area contributed by atoms with Gasteiger partial charge in [-0.25, -0.2) is 0 Å². The van der Waals surface area contributed by atoms with Crippen molar-refractivity contribution in [2.24, 2.45) is 5.11 Å². The molecule has 2 atom stereocenters. The zero-order chi connectivity index (χ0) is 17.8. The molecule has 0 unspecified atom stereocenters. The maximum atomic E-state index is 8.89. The van der Waals surface area contributed by atoms with Crippen LogP contribution in [0, 0.1) is 0 Å². The van der Waals surface area contributed by atoms with Gasteiger partial charge in [-0.3, -0.25) is 0 Å². The Morgan fingerprint density at radius 3 is 2.62 bits per heavy atom. The molecule has 0 radical (unpaired) electrons. The summed E-state index contributed by atoms with van der Waals surface area (Å²) in [7, 11) is -2.32. The van der Waals surface area contributed by atoms with Gasteiger partial charge < -0.3 is 13.7 Å². The molecule has 0 spiro atoms. The molecule has 0 bridgehead atoms. The second kappa shape index (κ2) is 7.72. The van der Waals surface area contributed by atoms with Gasteiger partial charge in [-0.15, -0.1) is 0 Å². The first-order valence-corrected chi connectivity index (χ1v) is 11.2. The summed E-state index contributed by atoms with van der Waals surface area (Å²) in [6.45, 7) is 11.7. The molecular weight excluding hydrogens is 321 g/mol. The molecule has 2 rings (SSSR count). The zero-order valence-corrected chi connectivity index (χ0v) is 16.1. The predicted octanol–water partition coefficient (Wildman–Crippen LogP) is 3.50. The molecule has 0 amide bonds. The van der Waals surface area contributed by atoms with Gasteiger partial charge in [0.25, 0.3) is 0 Å². The van der Waals surface area contributed by atoms with E-state index in [1.54, 1.807) is 0 Å². The average molecular weight is 347 g/mol. The van der Waals surface area contributed by atoms with Gasteiger partial charge in [0.15, 0.2) is 8.32 Å². The summed E-state index contributed by atoms with van der Waals surface area (Å²) in [5, 5.41) is 4.00. The van der Waals surface area contributed by atoms with E-state index in [9.17, 15) is 0 Å². The lowest BCUT2D eigenvalue weighted by atomic mass is 9.79. The Balaban J connectivity index is 2.00. The van der Waals surface area contributed by atoms with Crippen LogP contribution in [0.15, 0.2) is 35.4 Å². The Morgan fingerprint density at radius 1 is 1.38 bits per heavy atom. The van der Waals surface area contributed by atoms with Crippen molar-refractivity contribution in [2.75, 3.05) is 13.2 Å². The number of hydrogen-bond donors (Lipinski definition) is 0. The van der Waals surface area contributed by atoms with Crippen LogP contribution >= 0.6 is 0 Å². The molecule has 24 heavy (non-hydrogen) atoms. The minimum absolute atomic E-state index is 0.105. The lowest BCUT2D eigenvalue weighted by molar-refractivity contribution is 0.150. The third-order valence-electron chi connectivity index (χ3n) is 4.83. The van der Waals surface area contributed by atoms with Crippen LogP contribution in [0.4, 0.5) is 0 Å². The van der Waals surface area contributed by atoms with Crippen LogP contribution < -0.4 is 5.46 Å². The van der Waals surface area contributed by atoms with E-state index in [1.165, 1.54) is 0 Å². The summed E-state index contributed by atoms with van der Waals surface area (Å²) in [6, 6.07) is 9.37. The molecule has 1 heterocycles. The molecule has 0 N–H and O–H groups in total. The normalized spacial score (nSPS) is 19.9. The van der Waals surface area contributed by atoms with Crippen LogP contribution in [0.5, 0.6) is 0 Å². The number of rotatable bonds is 6. The minimum Gasteiger partial charge on any atom is -0.416 e. The van der Waals surface area contributed by atoms with E-state index in [0.29, 0.717) is 13.2 Å². The molecule has 0 saturated carbocycles. The summed E-state index contributed by atoms with van der Waals surface area (Å²) in [4.78, 5) is 2.97. The highest BCUT2D eigenvalue weighted by molar-refractivity contribution is 6.74. The van der Waals surface area contributed by atoms with Gasteiger partial charge >= 0.3 is 7.12 Å². The van der Waals surface area contributed by atoms with Crippen molar-refractivity contribution in [2.45, 2.75) is 51.0 Å². The molecule has 8 heteroatoms. The van der Waals surface area contributed by atoms with Crippen LogP contribution in [-0.2, 0) is 13.7 Å². The zero-order valence-electron chi connectivity index (χ0n) is 15.1. The molecule has 1 aliphatic heterocycles. The van der Waals surface area contributed by atoms with Crippen LogP contribution in [0.1, 0.15) is 20.8 Å². The average Bonchev–Trinajstić information content (AvgIpc) is 3.01. The number of hydrogen-bond acceptors (Lipinski definition) is 4. The quantitative estimate of drug-likeness (QED) is 0.342. The molecule has 1 aromatic carbocycles. The SMILES string of the molecule is CC(C)(C)[Si](C)(C)OC[C@H](N=[N+]=[N-])[C@H]1COB(c2ccccc2)O1. The minimum atomic E-state index is -1.91. The Hall–Kier alpha value is -1.31. The molecular formula is C16H26BN3O3Si.